The largest absolute Gasteiger partial charge is 0.478 e. The summed E-state index contributed by atoms with van der Waals surface area (Å²) in [5.41, 5.74) is 3.63. The minimum Gasteiger partial charge on any atom is -0.478 e. The van der Waals surface area contributed by atoms with Crippen LogP contribution in [-0.2, 0) is 0 Å². The molecule has 1 aromatic carbocycles. The molecule has 1 aliphatic carbocycles. The van der Waals surface area contributed by atoms with Crippen LogP contribution in [0.1, 0.15) is 55.3 Å². The van der Waals surface area contributed by atoms with Crippen LogP contribution in [0.5, 0.6) is 0 Å². The maximum absolute atomic E-state index is 11.4. The number of anilines is 1. The van der Waals surface area contributed by atoms with E-state index in [1.54, 1.807) is 12.1 Å². The van der Waals surface area contributed by atoms with Gasteiger partial charge in [-0.25, -0.2) is 9.78 Å². The summed E-state index contributed by atoms with van der Waals surface area (Å²) in [6.07, 6.45) is 11.5. The van der Waals surface area contributed by atoms with Gasteiger partial charge in [0.05, 0.1) is 22.1 Å². The Labute approximate surface area is 158 Å². The van der Waals surface area contributed by atoms with Gasteiger partial charge in [0.25, 0.3) is 0 Å². The third-order valence-electron chi connectivity index (χ3n) is 6.72. The molecule has 2 aliphatic rings. The smallest absolute Gasteiger partial charge is 0.335 e. The number of carbonyl (C=O) groups is 1. The van der Waals surface area contributed by atoms with Gasteiger partial charge in [0.2, 0.25) is 0 Å². The van der Waals surface area contributed by atoms with Gasteiger partial charge in [-0.15, -0.1) is 0 Å². The summed E-state index contributed by atoms with van der Waals surface area (Å²) in [5, 5.41) is 9.33. The molecule has 5 nitrogen and oxygen atoms in total. The van der Waals surface area contributed by atoms with Crippen LogP contribution in [0, 0.1) is 5.41 Å². The van der Waals surface area contributed by atoms with Gasteiger partial charge in [0, 0.05) is 19.3 Å². The predicted molar refractivity (Wildman–Crippen MR) is 107 cm³/mol. The van der Waals surface area contributed by atoms with E-state index in [-0.39, 0.29) is 5.56 Å². The Hall–Kier alpha value is -2.56. The van der Waals surface area contributed by atoms with Crippen LogP contribution in [0.4, 0.5) is 5.82 Å². The molecule has 0 amide bonds. The summed E-state index contributed by atoms with van der Waals surface area (Å²) in [6.45, 7) is 2.08. The molecule has 1 N–H and O–H groups in total. The number of aromatic carboxylic acids is 1. The maximum Gasteiger partial charge on any atom is 0.335 e. The summed E-state index contributed by atoms with van der Waals surface area (Å²) >= 11 is 0. The summed E-state index contributed by atoms with van der Waals surface area (Å²) in [5.74, 6) is 0.0748. The van der Waals surface area contributed by atoms with Crippen LogP contribution < -0.4 is 4.90 Å². The van der Waals surface area contributed by atoms with Crippen molar-refractivity contribution in [2.45, 2.75) is 44.9 Å². The molecule has 0 bridgehead atoms. The van der Waals surface area contributed by atoms with Crippen LogP contribution >= 0.6 is 0 Å². The summed E-state index contributed by atoms with van der Waals surface area (Å²) < 4.78 is 2.13. The van der Waals surface area contributed by atoms with E-state index in [1.807, 2.05) is 18.3 Å². The van der Waals surface area contributed by atoms with E-state index in [0.29, 0.717) is 5.41 Å². The Morgan fingerprint density at radius 3 is 2.52 bits per heavy atom. The lowest BCUT2D eigenvalue weighted by molar-refractivity contribution is 0.0697. The topological polar surface area (TPSA) is 57.8 Å². The van der Waals surface area contributed by atoms with E-state index in [0.717, 1.165) is 35.5 Å². The van der Waals surface area contributed by atoms with Crippen molar-refractivity contribution in [1.29, 1.82) is 0 Å². The molecule has 3 heterocycles. The van der Waals surface area contributed by atoms with E-state index in [9.17, 15) is 9.90 Å². The number of aromatic nitrogens is 2. The third kappa shape index (κ3) is 2.76. The minimum atomic E-state index is -0.912. The van der Waals surface area contributed by atoms with E-state index < -0.39 is 5.97 Å². The molecular weight excluding hydrogens is 338 g/mol. The fraction of sp³-hybridized carbons (Fsp3) is 0.455. The third-order valence-corrected chi connectivity index (χ3v) is 6.72. The van der Waals surface area contributed by atoms with Gasteiger partial charge in [0.1, 0.15) is 0 Å². The first kappa shape index (κ1) is 16.6. The molecule has 2 aromatic heterocycles. The molecule has 140 valence electrons. The number of hydrogen-bond acceptors (Lipinski definition) is 3. The molecule has 1 aliphatic heterocycles. The van der Waals surface area contributed by atoms with Crippen molar-refractivity contribution < 1.29 is 9.90 Å². The Bertz CT molecular complexity index is 1010. The zero-order valence-corrected chi connectivity index (χ0v) is 15.5. The van der Waals surface area contributed by atoms with Gasteiger partial charge in [-0.05, 0) is 61.4 Å². The Morgan fingerprint density at radius 2 is 1.78 bits per heavy atom. The molecule has 5 rings (SSSR count). The molecule has 1 saturated carbocycles. The van der Waals surface area contributed by atoms with Crippen molar-refractivity contribution in [2.24, 2.45) is 5.41 Å². The van der Waals surface area contributed by atoms with Crippen LogP contribution in [0.2, 0.25) is 0 Å². The molecule has 1 spiro atoms. The van der Waals surface area contributed by atoms with Crippen LogP contribution in [0.25, 0.3) is 16.6 Å². The summed E-state index contributed by atoms with van der Waals surface area (Å²) in [6, 6.07) is 9.34. The van der Waals surface area contributed by atoms with Crippen molar-refractivity contribution in [3.05, 3.63) is 42.1 Å². The van der Waals surface area contributed by atoms with Gasteiger partial charge >= 0.3 is 5.97 Å². The van der Waals surface area contributed by atoms with Gasteiger partial charge in [0.15, 0.2) is 5.82 Å². The van der Waals surface area contributed by atoms with E-state index in [4.69, 9.17) is 4.98 Å². The van der Waals surface area contributed by atoms with Gasteiger partial charge in [-0.1, -0.05) is 19.3 Å². The van der Waals surface area contributed by atoms with Crippen LogP contribution in [0.15, 0.2) is 36.5 Å². The highest BCUT2D eigenvalue weighted by atomic mass is 16.4. The Morgan fingerprint density at radius 1 is 1.00 bits per heavy atom. The molecule has 27 heavy (non-hydrogen) atoms. The molecule has 0 radical (unpaired) electrons. The molecule has 2 fully saturated rings. The highest BCUT2D eigenvalue weighted by molar-refractivity contribution is 5.94. The SMILES string of the molecule is O=C(O)c1ccc2c(c1)nc(N1CCC3(CCCCC3)CC1)c1cccn12. The molecule has 3 aromatic rings. The average Bonchev–Trinajstić information content (AvgIpc) is 3.18. The van der Waals surface area contributed by atoms with Crippen molar-refractivity contribution in [1.82, 2.24) is 9.38 Å². The minimum absolute atomic E-state index is 0.284. The Kier molecular flexibility index (Phi) is 3.85. The van der Waals surface area contributed by atoms with Crippen molar-refractivity contribution >= 4 is 28.3 Å². The number of piperidine rings is 1. The van der Waals surface area contributed by atoms with E-state index in [2.05, 4.69) is 15.4 Å². The second-order valence-electron chi connectivity index (χ2n) is 8.26. The lowest BCUT2D eigenvalue weighted by atomic mass is 9.68. The summed E-state index contributed by atoms with van der Waals surface area (Å²) in [4.78, 5) is 18.7. The molecular formula is C22H25N3O2. The molecule has 0 unspecified atom stereocenters. The quantitative estimate of drug-likeness (QED) is 0.715. The molecule has 1 saturated heterocycles. The number of carboxylic acid groups (broad SMARTS) is 1. The van der Waals surface area contributed by atoms with Crippen molar-refractivity contribution in [3.8, 4) is 0 Å². The van der Waals surface area contributed by atoms with Gasteiger partial charge in [-0.2, -0.15) is 0 Å². The number of rotatable bonds is 2. The molecule has 5 heteroatoms. The fourth-order valence-corrected chi connectivity index (χ4v) is 5.12. The van der Waals surface area contributed by atoms with Crippen LogP contribution in [0.3, 0.4) is 0 Å². The standard InChI is InChI=1S/C22H25N3O2/c26-21(27)16-6-7-18-17(15-16)23-20(19-5-4-12-25(18)19)24-13-10-22(11-14-24)8-2-1-3-9-22/h4-7,12,15H,1-3,8-11,13-14H2,(H,26,27). The number of carboxylic acids is 1. The second-order valence-corrected chi connectivity index (χ2v) is 8.26. The van der Waals surface area contributed by atoms with Crippen LogP contribution in [-0.4, -0.2) is 33.6 Å². The second kappa shape index (κ2) is 6.25. The number of nitrogens with zero attached hydrogens (tertiary/aromatic N) is 3. The fourth-order valence-electron chi connectivity index (χ4n) is 5.12. The average molecular weight is 363 g/mol. The van der Waals surface area contributed by atoms with E-state index in [1.165, 1.54) is 44.9 Å². The molecule has 0 atom stereocenters. The van der Waals surface area contributed by atoms with Crippen molar-refractivity contribution in [3.63, 3.8) is 0 Å². The first-order valence-electron chi connectivity index (χ1n) is 10.0. The van der Waals surface area contributed by atoms with Crippen molar-refractivity contribution in [2.75, 3.05) is 18.0 Å². The monoisotopic (exact) mass is 363 g/mol. The first-order chi connectivity index (χ1) is 13.2. The number of benzene rings is 1. The lowest BCUT2D eigenvalue weighted by Gasteiger charge is -2.44. The first-order valence-corrected chi connectivity index (χ1v) is 10.0. The normalized spacial score (nSPS) is 19.8. The predicted octanol–water partition coefficient (Wildman–Crippen LogP) is 4.74. The Balaban J connectivity index is 1.54. The zero-order chi connectivity index (χ0) is 18.4. The summed E-state index contributed by atoms with van der Waals surface area (Å²) in [7, 11) is 0. The highest BCUT2D eigenvalue weighted by Crippen LogP contribution is 2.45. The number of fused-ring (bicyclic) bond motifs is 3. The number of hydrogen-bond donors (Lipinski definition) is 1. The highest BCUT2D eigenvalue weighted by Gasteiger charge is 2.36. The maximum atomic E-state index is 11.4. The van der Waals surface area contributed by atoms with Gasteiger partial charge in [-0.3, -0.25) is 0 Å². The lowest BCUT2D eigenvalue weighted by Crippen LogP contribution is -2.41. The van der Waals surface area contributed by atoms with Gasteiger partial charge < -0.3 is 14.4 Å². The van der Waals surface area contributed by atoms with E-state index >= 15 is 0 Å². The zero-order valence-electron chi connectivity index (χ0n) is 15.5.